The van der Waals surface area contributed by atoms with E-state index in [0.29, 0.717) is 23.6 Å². The first-order valence-corrected chi connectivity index (χ1v) is 12.8. The summed E-state index contributed by atoms with van der Waals surface area (Å²) < 4.78 is 17.8. The van der Waals surface area contributed by atoms with Gasteiger partial charge in [-0.15, -0.1) is 0 Å². The second-order valence-electron chi connectivity index (χ2n) is 9.63. The van der Waals surface area contributed by atoms with E-state index in [1.54, 1.807) is 12.1 Å². The molecule has 1 fully saturated rings. The third-order valence-electron chi connectivity index (χ3n) is 7.16. The van der Waals surface area contributed by atoms with E-state index in [2.05, 4.69) is 12.1 Å². The molecule has 8 heteroatoms. The number of benzene rings is 3. The van der Waals surface area contributed by atoms with Gasteiger partial charge in [-0.25, -0.2) is 0 Å². The molecular formula is C29H31ClO7. The smallest absolute Gasteiger partial charge is 0.119 e. The molecule has 3 aromatic carbocycles. The minimum atomic E-state index is -1.44. The highest BCUT2D eigenvalue weighted by Gasteiger charge is 2.44. The van der Waals surface area contributed by atoms with Crippen LogP contribution in [0.15, 0.2) is 66.7 Å². The van der Waals surface area contributed by atoms with Gasteiger partial charge in [0.15, 0.2) is 0 Å². The van der Waals surface area contributed by atoms with E-state index < -0.39 is 37.1 Å². The van der Waals surface area contributed by atoms with Crippen molar-refractivity contribution in [2.24, 2.45) is 0 Å². The van der Waals surface area contributed by atoms with Gasteiger partial charge in [0.05, 0.1) is 12.7 Å². The van der Waals surface area contributed by atoms with E-state index >= 15 is 0 Å². The Morgan fingerprint density at radius 3 is 2.32 bits per heavy atom. The second kappa shape index (κ2) is 11.1. The highest BCUT2D eigenvalue weighted by atomic mass is 35.5. The first-order valence-electron chi connectivity index (χ1n) is 12.4. The van der Waals surface area contributed by atoms with Crippen molar-refractivity contribution in [2.75, 3.05) is 13.2 Å². The van der Waals surface area contributed by atoms with Gasteiger partial charge in [-0.3, -0.25) is 0 Å². The van der Waals surface area contributed by atoms with Crippen LogP contribution in [0.2, 0.25) is 5.02 Å². The molecule has 37 heavy (non-hydrogen) atoms. The number of hydrogen-bond acceptors (Lipinski definition) is 7. The Bertz CT molecular complexity index is 1220. The number of halogens is 1. The van der Waals surface area contributed by atoms with Crippen LogP contribution in [-0.4, -0.2) is 58.1 Å². The zero-order valence-electron chi connectivity index (χ0n) is 20.4. The minimum Gasteiger partial charge on any atom is -0.491 e. The molecular weight excluding hydrogens is 496 g/mol. The van der Waals surface area contributed by atoms with Crippen LogP contribution in [0.3, 0.4) is 0 Å². The molecule has 0 amide bonds. The monoisotopic (exact) mass is 526 g/mol. The predicted molar refractivity (Wildman–Crippen MR) is 138 cm³/mol. The number of ether oxygens (including phenoxy) is 3. The average molecular weight is 527 g/mol. The Hall–Kier alpha value is -2.49. The number of hydrogen-bond donors (Lipinski definition) is 4. The zero-order valence-corrected chi connectivity index (χ0v) is 21.2. The molecule has 4 N–H and O–H groups in total. The predicted octanol–water partition coefficient (Wildman–Crippen LogP) is 3.66. The molecule has 2 aliphatic rings. The molecule has 0 aliphatic carbocycles. The Labute approximate surface area is 220 Å². The summed E-state index contributed by atoms with van der Waals surface area (Å²) in [5.41, 5.74) is 4.79. The van der Waals surface area contributed by atoms with E-state index in [1.165, 1.54) is 11.1 Å². The number of aliphatic hydroxyl groups excluding tert-OH is 4. The molecule has 7 atom stereocenters. The van der Waals surface area contributed by atoms with Gasteiger partial charge >= 0.3 is 0 Å². The molecule has 2 unspecified atom stereocenters. The molecule has 2 aliphatic heterocycles. The van der Waals surface area contributed by atoms with Crippen molar-refractivity contribution in [3.05, 3.63) is 99.6 Å². The van der Waals surface area contributed by atoms with Gasteiger partial charge < -0.3 is 34.6 Å². The lowest BCUT2D eigenvalue weighted by Crippen LogP contribution is -2.55. The van der Waals surface area contributed by atoms with E-state index in [9.17, 15) is 20.4 Å². The van der Waals surface area contributed by atoms with E-state index in [-0.39, 0.29) is 12.2 Å². The summed E-state index contributed by atoms with van der Waals surface area (Å²) in [6.45, 7) is 1.99. The van der Waals surface area contributed by atoms with Gasteiger partial charge in [0.1, 0.15) is 49.0 Å². The van der Waals surface area contributed by atoms with Gasteiger partial charge in [0.2, 0.25) is 0 Å². The highest BCUT2D eigenvalue weighted by molar-refractivity contribution is 6.31. The summed E-state index contributed by atoms with van der Waals surface area (Å²) in [5, 5.41) is 40.7. The molecule has 7 nitrogen and oxygen atoms in total. The summed E-state index contributed by atoms with van der Waals surface area (Å²) in [6, 6.07) is 21.2. The van der Waals surface area contributed by atoms with Gasteiger partial charge in [0.25, 0.3) is 0 Å². The van der Waals surface area contributed by atoms with Crippen molar-refractivity contribution in [1.82, 2.24) is 0 Å². The van der Waals surface area contributed by atoms with Crippen molar-refractivity contribution in [1.29, 1.82) is 0 Å². The molecule has 0 aromatic heterocycles. The highest BCUT2D eigenvalue weighted by Crippen LogP contribution is 2.39. The first-order chi connectivity index (χ1) is 17.9. The molecule has 196 valence electrons. The SMILES string of the molecule is CC1OC(COc2ccc(Cc3cc([C@@H]4O[C@H](CO)[C@@H](O)[C@H](O)[C@H]4O)ccc3Cl)cc2)c2ccccc21. The molecule has 0 saturated carbocycles. The van der Waals surface area contributed by atoms with E-state index in [1.807, 2.05) is 49.4 Å². The summed E-state index contributed by atoms with van der Waals surface area (Å²) in [4.78, 5) is 0. The molecule has 3 aromatic rings. The zero-order chi connectivity index (χ0) is 26.1. The van der Waals surface area contributed by atoms with Crippen LogP contribution in [0.4, 0.5) is 0 Å². The van der Waals surface area contributed by atoms with Crippen LogP contribution in [0.25, 0.3) is 0 Å². The number of aliphatic hydroxyl groups is 4. The van der Waals surface area contributed by atoms with Crippen molar-refractivity contribution in [3.8, 4) is 5.75 Å². The van der Waals surface area contributed by atoms with Crippen LogP contribution < -0.4 is 4.74 Å². The first kappa shape index (κ1) is 26.1. The molecule has 5 rings (SSSR count). The molecule has 2 heterocycles. The van der Waals surface area contributed by atoms with Crippen LogP contribution >= 0.6 is 11.6 Å². The third kappa shape index (κ3) is 5.40. The Morgan fingerprint density at radius 1 is 0.865 bits per heavy atom. The molecule has 0 bridgehead atoms. The van der Waals surface area contributed by atoms with Crippen molar-refractivity contribution in [2.45, 2.75) is 56.1 Å². The van der Waals surface area contributed by atoms with Crippen LogP contribution in [0.1, 0.15) is 53.1 Å². The van der Waals surface area contributed by atoms with Gasteiger partial charge in [-0.1, -0.05) is 60.1 Å². The van der Waals surface area contributed by atoms with Gasteiger partial charge in [-0.2, -0.15) is 0 Å². The standard InChI is InChI=1S/C29H31ClO7/c1-16-21-4-2-3-5-22(21)25(36-16)15-35-20-9-6-17(7-10-20)12-19-13-18(8-11-23(19)30)29-28(34)27(33)26(32)24(14-31)37-29/h2-11,13,16,24-29,31-34H,12,14-15H2,1H3/t16?,24-,25?,26-,27+,28-,29+/m1/s1. The molecule has 0 radical (unpaired) electrons. The normalized spacial score (nSPS) is 29.2. The lowest BCUT2D eigenvalue weighted by atomic mass is 9.90. The summed E-state index contributed by atoms with van der Waals surface area (Å²) >= 11 is 6.46. The Morgan fingerprint density at radius 2 is 1.59 bits per heavy atom. The fourth-order valence-corrected chi connectivity index (χ4v) is 5.26. The van der Waals surface area contributed by atoms with E-state index in [4.69, 9.17) is 25.8 Å². The quantitative estimate of drug-likeness (QED) is 0.372. The van der Waals surface area contributed by atoms with Gasteiger partial charge in [-0.05, 0) is 59.4 Å². The summed E-state index contributed by atoms with van der Waals surface area (Å²) in [5.74, 6) is 0.741. The fourth-order valence-electron chi connectivity index (χ4n) is 5.08. The molecule has 0 spiro atoms. The summed E-state index contributed by atoms with van der Waals surface area (Å²) in [7, 11) is 0. The maximum Gasteiger partial charge on any atom is 0.119 e. The molecule has 1 saturated heterocycles. The van der Waals surface area contributed by atoms with Crippen LogP contribution in [0, 0.1) is 0 Å². The number of rotatable bonds is 7. The third-order valence-corrected chi connectivity index (χ3v) is 7.53. The average Bonchev–Trinajstić information content (AvgIpc) is 3.24. The van der Waals surface area contributed by atoms with E-state index in [0.717, 1.165) is 16.9 Å². The fraction of sp³-hybridized carbons (Fsp3) is 0.379. The van der Waals surface area contributed by atoms with Crippen molar-refractivity contribution in [3.63, 3.8) is 0 Å². The largest absolute Gasteiger partial charge is 0.491 e. The van der Waals surface area contributed by atoms with Gasteiger partial charge in [0, 0.05) is 5.02 Å². The maximum absolute atomic E-state index is 10.5. The Balaban J connectivity index is 1.25. The maximum atomic E-state index is 10.5. The van der Waals surface area contributed by atoms with Crippen LogP contribution in [-0.2, 0) is 15.9 Å². The number of fused-ring (bicyclic) bond motifs is 1. The lowest BCUT2D eigenvalue weighted by molar-refractivity contribution is -0.231. The lowest BCUT2D eigenvalue weighted by Gasteiger charge is -2.40. The van der Waals surface area contributed by atoms with Crippen molar-refractivity contribution >= 4 is 11.6 Å². The second-order valence-corrected chi connectivity index (χ2v) is 10.0. The Kier molecular flexibility index (Phi) is 7.83. The minimum absolute atomic E-state index is 0.0515. The topological polar surface area (TPSA) is 109 Å². The van der Waals surface area contributed by atoms with Crippen LogP contribution in [0.5, 0.6) is 5.75 Å². The summed E-state index contributed by atoms with van der Waals surface area (Å²) in [6.07, 6.45) is -5.58. The van der Waals surface area contributed by atoms with Crippen molar-refractivity contribution < 1.29 is 34.6 Å².